The van der Waals surface area contributed by atoms with E-state index < -0.39 is 12.1 Å². The van der Waals surface area contributed by atoms with E-state index in [1.807, 2.05) is 6.26 Å². The third-order valence-electron chi connectivity index (χ3n) is 3.13. The Labute approximate surface area is 148 Å². The van der Waals surface area contributed by atoms with Gasteiger partial charge in [0.25, 0.3) is 0 Å². The number of urea groups is 1. The third kappa shape index (κ3) is 4.87. The van der Waals surface area contributed by atoms with Crippen LogP contribution >= 0.6 is 23.4 Å². The van der Waals surface area contributed by atoms with E-state index >= 15 is 0 Å². The fraction of sp³-hybridized carbons (Fsp3) is 0.286. The average molecular weight is 369 g/mol. The number of primary amides is 1. The van der Waals surface area contributed by atoms with Gasteiger partial charge in [0, 0.05) is 5.02 Å². The van der Waals surface area contributed by atoms with Crippen molar-refractivity contribution in [3.05, 3.63) is 35.9 Å². The van der Waals surface area contributed by atoms with Crippen molar-refractivity contribution in [2.75, 3.05) is 17.3 Å². The number of halogens is 1. The lowest BCUT2D eigenvalue weighted by atomic mass is 10.2. The summed E-state index contributed by atoms with van der Waals surface area (Å²) in [7, 11) is 0. The summed E-state index contributed by atoms with van der Waals surface area (Å²) in [4.78, 5) is 27.5. The van der Waals surface area contributed by atoms with Crippen molar-refractivity contribution in [3.8, 4) is 5.69 Å². The molecule has 0 unspecified atom stereocenters. The molecule has 0 bridgehead atoms. The largest absolute Gasteiger partial charge is 0.352 e. The van der Waals surface area contributed by atoms with Crippen molar-refractivity contribution in [1.29, 1.82) is 0 Å². The smallest absolute Gasteiger partial charge is 0.312 e. The predicted molar refractivity (Wildman–Crippen MR) is 94.5 cm³/mol. The molecule has 2 aromatic rings. The van der Waals surface area contributed by atoms with Crippen molar-refractivity contribution in [1.82, 2.24) is 20.1 Å². The summed E-state index contributed by atoms with van der Waals surface area (Å²) < 4.78 is 1.50. The van der Waals surface area contributed by atoms with Crippen LogP contribution in [-0.4, -0.2) is 44.8 Å². The summed E-state index contributed by atoms with van der Waals surface area (Å²) >= 11 is 7.59. The van der Waals surface area contributed by atoms with E-state index in [1.165, 1.54) is 17.3 Å². The molecular weight excluding hydrogens is 352 g/mol. The van der Waals surface area contributed by atoms with Gasteiger partial charge >= 0.3 is 6.03 Å². The molecule has 3 amide bonds. The zero-order valence-corrected chi connectivity index (χ0v) is 14.5. The lowest BCUT2D eigenvalue weighted by molar-refractivity contribution is -0.117. The van der Waals surface area contributed by atoms with Crippen LogP contribution in [0.25, 0.3) is 5.69 Å². The molecule has 0 aliphatic carbocycles. The van der Waals surface area contributed by atoms with Gasteiger partial charge in [-0.15, -0.1) is 0 Å². The van der Waals surface area contributed by atoms with Crippen molar-refractivity contribution >= 4 is 41.0 Å². The maximum Gasteiger partial charge on any atom is 0.312 e. The molecule has 0 radical (unpaired) electrons. The Kier molecular flexibility index (Phi) is 6.44. The van der Waals surface area contributed by atoms with E-state index in [1.54, 1.807) is 30.0 Å². The molecule has 1 aromatic heterocycles. The highest BCUT2D eigenvalue weighted by Crippen LogP contribution is 2.24. The summed E-state index contributed by atoms with van der Waals surface area (Å²) in [6, 6.07) is 3.51. The molecule has 128 valence electrons. The highest BCUT2D eigenvalue weighted by Gasteiger charge is 2.21. The molecule has 0 saturated carbocycles. The number of carbonyl (C=O) groups is 2. The van der Waals surface area contributed by atoms with Crippen LogP contribution < -0.4 is 16.4 Å². The monoisotopic (exact) mass is 368 g/mol. The Morgan fingerprint density at radius 3 is 2.88 bits per heavy atom. The minimum atomic E-state index is -0.751. The second-order valence-electron chi connectivity index (χ2n) is 4.83. The molecule has 0 saturated heterocycles. The Morgan fingerprint density at radius 1 is 1.46 bits per heavy atom. The second kappa shape index (κ2) is 8.55. The van der Waals surface area contributed by atoms with Crippen LogP contribution in [0.2, 0.25) is 5.02 Å². The van der Waals surface area contributed by atoms with E-state index in [9.17, 15) is 9.59 Å². The first-order chi connectivity index (χ1) is 11.5. The predicted octanol–water partition coefficient (Wildman–Crippen LogP) is 1.65. The number of aromatic nitrogens is 3. The normalized spacial score (nSPS) is 11.8. The molecule has 2 rings (SSSR count). The van der Waals surface area contributed by atoms with Gasteiger partial charge in [0.05, 0.1) is 11.4 Å². The Hall–Kier alpha value is -2.26. The Balaban J connectivity index is 2.23. The van der Waals surface area contributed by atoms with Crippen LogP contribution in [0.5, 0.6) is 0 Å². The standard InChI is InChI=1S/C14H17ClN6O2S/c1-24-5-4-10(20-14(16)23)13(22)19-11-6-9(15)2-3-12(11)21-8-17-7-18-21/h2-3,6-8,10H,4-5H2,1H3,(H,19,22)(H3,16,20,23)/t10-/m0/s1. The van der Waals surface area contributed by atoms with Gasteiger partial charge in [0.2, 0.25) is 5.91 Å². The maximum absolute atomic E-state index is 12.5. The number of rotatable bonds is 7. The minimum Gasteiger partial charge on any atom is -0.352 e. The van der Waals surface area contributed by atoms with Crippen molar-refractivity contribution < 1.29 is 9.59 Å². The fourth-order valence-electron chi connectivity index (χ4n) is 2.04. The molecule has 24 heavy (non-hydrogen) atoms. The van der Waals surface area contributed by atoms with Gasteiger partial charge in [-0.3, -0.25) is 4.79 Å². The van der Waals surface area contributed by atoms with Gasteiger partial charge in [0.1, 0.15) is 18.7 Å². The van der Waals surface area contributed by atoms with Crippen molar-refractivity contribution in [3.63, 3.8) is 0 Å². The van der Waals surface area contributed by atoms with Gasteiger partial charge in [-0.25, -0.2) is 14.5 Å². The topological polar surface area (TPSA) is 115 Å². The molecular formula is C14H17ClN6O2S. The number of anilines is 1. The van der Waals surface area contributed by atoms with Crippen LogP contribution in [0.4, 0.5) is 10.5 Å². The van der Waals surface area contributed by atoms with Crippen LogP contribution in [0.1, 0.15) is 6.42 Å². The first kappa shape index (κ1) is 18.1. The molecule has 10 heteroatoms. The Morgan fingerprint density at radius 2 is 2.25 bits per heavy atom. The summed E-state index contributed by atoms with van der Waals surface area (Å²) in [5, 5.41) is 9.71. The molecule has 0 fully saturated rings. The van der Waals surface area contributed by atoms with E-state index in [0.717, 1.165) is 0 Å². The maximum atomic E-state index is 12.5. The fourth-order valence-corrected chi connectivity index (χ4v) is 2.68. The SMILES string of the molecule is CSCC[C@H](NC(N)=O)C(=O)Nc1cc(Cl)ccc1-n1cncn1. The first-order valence-corrected chi connectivity index (χ1v) is 8.78. The van der Waals surface area contributed by atoms with Gasteiger partial charge in [0.15, 0.2) is 0 Å². The van der Waals surface area contributed by atoms with E-state index in [2.05, 4.69) is 20.7 Å². The number of benzene rings is 1. The molecule has 0 aliphatic rings. The first-order valence-electron chi connectivity index (χ1n) is 7.01. The number of hydrogen-bond acceptors (Lipinski definition) is 5. The van der Waals surface area contributed by atoms with Crippen LogP contribution in [-0.2, 0) is 4.79 Å². The second-order valence-corrected chi connectivity index (χ2v) is 6.26. The molecule has 1 atom stereocenters. The number of nitrogens with two attached hydrogens (primary N) is 1. The molecule has 1 aromatic carbocycles. The number of nitrogens with one attached hydrogen (secondary N) is 2. The average Bonchev–Trinajstić information content (AvgIpc) is 3.05. The number of thioether (sulfide) groups is 1. The highest BCUT2D eigenvalue weighted by atomic mass is 35.5. The van der Waals surface area contributed by atoms with Crippen LogP contribution in [0.15, 0.2) is 30.9 Å². The summed E-state index contributed by atoms with van der Waals surface area (Å²) in [6.45, 7) is 0. The zero-order chi connectivity index (χ0) is 17.5. The zero-order valence-electron chi connectivity index (χ0n) is 12.9. The molecule has 0 aliphatic heterocycles. The van der Waals surface area contributed by atoms with E-state index in [0.29, 0.717) is 28.6 Å². The number of carbonyl (C=O) groups excluding carboxylic acids is 2. The van der Waals surface area contributed by atoms with Crippen LogP contribution in [0, 0.1) is 0 Å². The highest BCUT2D eigenvalue weighted by molar-refractivity contribution is 7.98. The summed E-state index contributed by atoms with van der Waals surface area (Å²) in [5.74, 6) is 0.315. The lowest BCUT2D eigenvalue weighted by Gasteiger charge is -2.18. The minimum absolute atomic E-state index is 0.383. The molecule has 8 nitrogen and oxygen atoms in total. The number of nitrogens with zero attached hydrogens (tertiary/aromatic N) is 3. The molecule has 1 heterocycles. The third-order valence-corrected chi connectivity index (χ3v) is 4.00. The van der Waals surface area contributed by atoms with Gasteiger partial charge in [-0.2, -0.15) is 16.9 Å². The quantitative estimate of drug-likeness (QED) is 0.687. The molecule has 4 N–H and O–H groups in total. The van der Waals surface area contributed by atoms with Gasteiger partial charge in [-0.05, 0) is 36.6 Å². The van der Waals surface area contributed by atoms with Gasteiger partial charge in [-0.1, -0.05) is 11.6 Å². The van der Waals surface area contributed by atoms with Crippen molar-refractivity contribution in [2.24, 2.45) is 5.73 Å². The van der Waals surface area contributed by atoms with Gasteiger partial charge < -0.3 is 16.4 Å². The van der Waals surface area contributed by atoms with E-state index in [4.69, 9.17) is 17.3 Å². The molecule has 0 spiro atoms. The lowest BCUT2D eigenvalue weighted by Crippen LogP contribution is -2.46. The summed E-state index contributed by atoms with van der Waals surface area (Å²) in [5.41, 5.74) is 6.21. The van der Waals surface area contributed by atoms with E-state index in [-0.39, 0.29) is 5.91 Å². The Bertz CT molecular complexity index is 709. The summed E-state index contributed by atoms with van der Waals surface area (Å²) in [6.07, 6.45) is 5.26. The number of hydrogen-bond donors (Lipinski definition) is 3. The number of amides is 3. The van der Waals surface area contributed by atoms with Crippen molar-refractivity contribution in [2.45, 2.75) is 12.5 Å². The van der Waals surface area contributed by atoms with Crippen LogP contribution in [0.3, 0.4) is 0 Å².